The topological polar surface area (TPSA) is 63.9 Å². The second kappa shape index (κ2) is 5.23. The van der Waals surface area contributed by atoms with Crippen LogP contribution in [0, 0.1) is 0 Å². The Hall–Kier alpha value is -1.52. The number of halogens is 1. The summed E-state index contributed by atoms with van der Waals surface area (Å²) in [5, 5.41) is 7.94. The summed E-state index contributed by atoms with van der Waals surface area (Å²) in [6.45, 7) is 1.57. The Balaban J connectivity index is 2.06. The van der Waals surface area contributed by atoms with Crippen molar-refractivity contribution in [2.45, 2.75) is 18.8 Å². The molecule has 1 aromatic carbocycles. The number of rotatable bonds is 2. The maximum atomic E-state index is 6.28. The number of nitrogens with zero attached hydrogens (tertiary/aromatic N) is 1. The summed E-state index contributed by atoms with van der Waals surface area (Å²) in [6.07, 6.45) is 1.97. The third kappa shape index (κ3) is 2.33. The van der Waals surface area contributed by atoms with E-state index in [4.69, 9.17) is 22.1 Å². The molecule has 0 atom stereocenters. The molecule has 1 fully saturated rings. The van der Waals surface area contributed by atoms with Gasteiger partial charge in [0.2, 0.25) is 0 Å². The van der Waals surface area contributed by atoms with Crippen molar-refractivity contribution in [2.75, 3.05) is 18.9 Å². The van der Waals surface area contributed by atoms with Crippen LogP contribution in [0.1, 0.15) is 24.5 Å². The molecule has 19 heavy (non-hydrogen) atoms. The van der Waals surface area contributed by atoms with E-state index in [0.29, 0.717) is 16.8 Å². The summed E-state index contributed by atoms with van der Waals surface area (Å²) < 4.78 is 5.41. The first kappa shape index (κ1) is 12.5. The third-order valence-corrected chi connectivity index (χ3v) is 3.92. The van der Waals surface area contributed by atoms with Crippen molar-refractivity contribution in [3.05, 3.63) is 35.0 Å². The molecule has 0 aliphatic carbocycles. The lowest BCUT2D eigenvalue weighted by atomic mass is 9.91. The van der Waals surface area contributed by atoms with Gasteiger partial charge in [-0.15, -0.1) is 0 Å². The van der Waals surface area contributed by atoms with E-state index in [-0.39, 0.29) is 0 Å². The van der Waals surface area contributed by atoms with E-state index in [2.05, 4.69) is 10.2 Å². The van der Waals surface area contributed by atoms with E-state index < -0.39 is 0 Å². The second-order valence-electron chi connectivity index (χ2n) is 4.76. The van der Waals surface area contributed by atoms with Gasteiger partial charge in [-0.1, -0.05) is 29.8 Å². The Morgan fingerprint density at radius 3 is 2.74 bits per heavy atom. The number of hydrogen-bond donors (Lipinski definition) is 2. The Bertz CT molecular complexity index is 576. The number of hydrogen-bond acceptors (Lipinski definition) is 3. The Kier molecular flexibility index (Phi) is 3.44. The normalized spacial score (nSPS) is 16.7. The molecule has 3 rings (SSSR count). The number of nitrogens with one attached hydrogen (secondary N) is 1. The lowest BCUT2D eigenvalue weighted by Crippen LogP contribution is -2.15. The summed E-state index contributed by atoms with van der Waals surface area (Å²) in [6, 6.07) is 7.72. The van der Waals surface area contributed by atoms with Crippen molar-refractivity contribution in [1.29, 1.82) is 0 Å². The highest BCUT2D eigenvalue weighted by Crippen LogP contribution is 2.39. The van der Waals surface area contributed by atoms with Gasteiger partial charge < -0.3 is 10.5 Å². The predicted molar refractivity (Wildman–Crippen MR) is 76.2 cm³/mol. The molecule has 100 valence electrons. The van der Waals surface area contributed by atoms with Crippen LogP contribution in [0.4, 0.5) is 5.82 Å². The van der Waals surface area contributed by atoms with Crippen molar-refractivity contribution in [3.8, 4) is 11.1 Å². The van der Waals surface area contributed by atoms with Crippen molar-refractivity contribution in [2.24, 2.45) is 0 Å². The van der Waals surface area contributed by atoms with Crippen molar-refractivity contribution in [3.63, 3.8) is 0 Å². The van der Waals surface area contributed by atoms with Gasteiger partial charge in [0.25, 0.3) is 0 Å². The third-order valence-electron chi connectivity index (χ3n) is 3.60. The van der Waals surface area contributed by atoms with Gasteiger partial charge in [0, 0.05) is 41.0 Å². The average Bonchev–Trinajstić information content (AvgIpc) is 2.82. The Morgan fingerprint density at radius 2 is 2.00 bits per heavy atom. The molecule has 0 saturated carbocycles. The van der Waals surface area contributed by atoms with Crippen molar-refractivity contribution < 1.29 is 4.74 Å². The van der Waals surface area contributed by atoms with Gasteiger partial charge in [0.1, 0.15) is 0 Å². The van der Waals surface area contributed by atoms with E-state index in [1.165, 1.54) is 0 Å². The first-order valence-corrected chi connectivity index (χ1v) is 6.81. The average molecular weight is 278 g/mol. The van der Waals surface area contributed by atoms with Crippen LogP contribution in [-0.4, -0.2) is 23.4 Å². The van der Waals surface area contributed by atoms with Crippen molar-refractivity contribution in [1.82, 2.24) is 10.2 Å². The number of aromatic amines is 1. The summed E-state index contributed by atoms with van der Waals surface area (Å²) in [4.78, 5) is 0. The zero-order valence-electron chi connectivity index (χ0n) is 10.5. The molecule has 0 amide bonds. The molecule has 1 saturated heterocycles. The molecule has 1 aliphatic rings. The van der Waals surface area contributed by atoms with Crippen molar-refractivity contribution >= 4 is 17.4 Å². The summed E-state index contributed by atoms with van der Waals surface area (Å²) in [5.41, 5.74) is 8.98. The van der Waals surface area contributed by atoms with Gasteiger partial charge in [0.05, 0.1) is 0 Å². The molecule has 1 aliphatic heterocycles. The van der Waals surface area contributed by atoms with Gasteiger partial charge in [-0.05, 0) is 18.9 Å². The first-order valence-electron chi connectivity index (χ1n) is 6.43. The predicted octanol–water partition coefficient (Wildman–Crippen LogP) is 3.21. The molecule has 5 heteroatoms. The van der Waals surface area contributed by atoms with Crippen LogP contribution in [0.25, 0.3) is 11.1 Å². The van der Waals surface area contributed by atoms with Crippen LogP contribution in [0.3, 0.4) is 0 Å². The molecular formula is C14H16ClN3O. The number of ether oxygens (including phenoxy) is 1. The van der Waals surface area contributed by atoms with Gasteiger partial charge in [-0.3, -0.25) is 5.10 Å². The van der Waals surface area contributed by atoms with Gasteiger partial charge in [0.15, 0.2) is 5.82 Å². The van der Waals surface area contributed by atoms with Gasteiger partial charge in [-0.25, -0.2) is 0 Å². The molecule has 0 radical (unpaired) electrons. The molecule has 0 unspecified atom stereocenters. The van der Waals surface area contributed by atoms with E-state index in [1.54, 1.807) is 0 Å². The molecule has 2 heterocycles. The highest BCUT2D eigenvalue weighted by atomic mass is 35.5. The molecule has 1 aromatic heterocycles. The largest absolute Gasteiger partial charge is 0.382 e. The first-order chi connectivity index (χ1) is 9.27. The zero-order valence-corrected chi connectivity index (χ0v) is 11.3. The van der Waals surface area contributed by atoms with Crippen LogP contribution < -0.4 is 5.73 Å². The highest BCUT2D eigenvalue weighted by Gasteiger charge is 2.24. The molecule has 0 spiro atoms. The minimum absolute atomic E-state index is 0.407. The fourth-order valence-corrected chi connectivity index (χ4v) is 2.83. The maximum Gasteiger partial charge on any atom is 0.153 e. The van der Waals surface area contributed by atoms with Gasteiger partial charge >= 0.3 is 0 Å². The van der Waals surface area contributed by atoms with Crippen LogP contribution >= 0.6 is 11.6 Å². The standard InChI is InChI=1S/C14H16ClN3O/c15-11-4-2-1-3-10(11)12-13(17-18-14(12)16)9-5-7-19-8-6-9/h1-4,9H,5-8H2,(H3,16,17,18). The fraction of sp³-hybridized carbons (Fsp3) is 0.357. The van der Waals surface area contributed by atoms with E-state index in [1.807, 2.05) is 24.3 Å². The lowest BCUT2D eigenvalue weighted by Gasteiger charge is -2.22. The van der Waals surface area contributed by atoms with Gasteiger partial charge in [-0.2, -0.15) is 5.10 Å². The SMILES string of the molecule is Nc1n[nH]c(C2CCOCC2)c1-c1ccccc1Cl. The molecule has 4 nitrogen and oxygen atoms in total. The number of aromatic nitrogens is 2. The number of benzene rings is 1. The van der Waals surface area contributed by atoms with Crippen LogP contribution in [0.15, 0.2) is 24.3 Å². The second-order valence-corrected chi connectivity index (χ2v) is 5.17. The number of nitrogen functional groups attached to an aromatic ring is 1. The Labute approximate surface area is 116 Å². The van der Waals surface area contributed by atoms with Crippen LogP contribution in [-0.2, 0) is 4.74 Å². The quantitative estimate of drug-likeness (QED) is 0.886. The van der Waals surface area contributed by atoms with E-state index >= 15 is 0 Å². The lowest BCUT2D eigenvalue weighted by molar-refractivity contribution is 0.0846. The summed E-state index contributed by atoms with van der Waals surface area (Å²) in [7, 11) is 0. The van der Waals surface area contributed by atoms with Crippen LogP contribution in [0.2, 0.25) is 5.02 Å². The van der Waals surface area contributed by atoms with E-state index in [0.717, 1.165) is 42.9 Å². The highest BCUT2D eigenvalue weighted by molar-refractivity contribution is 6.33. The number of nitrogens with two attached hydrogens (primary N) is 1. The molecule has 3 N–H and O–H groups in total. The molecule has 0 bridgehead atoms. The summed E-state index contributed by atoms with van der Waals surface area (Å²) >= 11 is 6.28. The molecular weight excluding hydrogens is 262 g/mol. The Morgan fingerprint density at radius 1 is 1.26 bits per heavy atom. The number of anilines is 1. The monoisotopic (exact) mass is 277 g/mol. The fourth-order valence-electron chi connectivity index (χ4n) is 2.60. The van der Waals surface area contributed by atoms with Crippen LogP contribution in [0.5, 0.6) is 0 Å². The smallest absolute Gasteiger partial charge is 0.153 e. The summed E-state index contributed by atoms with van der Waals surface area (Å²) in [5.74, 6) is 0.916. The number of H-pyrrole nitrogens is 1. The van der Waals surface area contributed by atoms with E-state index in [9.17, 15) is 0 Å². The minimum atomic E-state index is 0.407. The minimum Gasteiger partial charge on any atom is -0.382 e. The maximum absolute atomic E-state index is 6.28. The molecule has 2 aromatic rings. The zero-order chi connectivity index (χ0) is 13.2.